The highest BCUT2D eigenvalue weighted by atomic mass is 79.9. The van der Waals surface area contributed by atoms with Gasteiger partial charge in [-0.2, -0.15) is 0 Å². The van der Waals surface area contributed by atoms with Gasteiger partial charge in [0.2, 0.25) is 5.91 Å². The summed E-state index contributed by atoms with van der Waals surface area (Å²) in [5.74, 6) is 2.49. The number of alkyl halides is 1. The van der Waals surface area contributed by atoms with Crippen LogP contribution >= 0.6 is 15.9 Å². The lowest BCUT2D eigenvalue weighted by molar-refractivity contribution is -0.129. The average Bonchev–Trinajstić information content (AvgIpc) is 1.98. The van der Waals surface area contributed by atoms with E-state index in [2.05, 4.69) is 21.9 Å². The Kier molecular flexibility index (Phi) is 4.97. The molecule has 0 spiro atoms. The molecule has 0 rings (SSSR count). The summed E-state index contributed by atoms with van der Waals surface area (Å²) in [5.41, 5.74) is 0. The maximum Gasteiger partial charge on any atom is 0.236 e. The number of terminal acetylenes is 1. The maximum atomic E-state index is 11.2. The van der Waals surface area contributed by atoms with Gasteiger partial charge >= 0.3 is 0 Å². The van der Waals surface area contributed by atoms with Crippen LogP contribution in [0.15, 0.2) is 0 Å². The molecule has 1 atom stereocenters. The SMILES string of the molecule is C#CCN(CC)C(=O)C(C)Br. The summed E-state index contributed by atoms with van der Waals surface area (Å²) in [7, 11) is 0. The lowest BCUT2D eigenvalue weighted by atomic mass is 10.4. The molecule has 1 unspecified atom stereocenters. The van der Waals surface area contributed by atoms with Gasteiger partial charge in [0.15, 0.2) is 0 Å². The van der Waals surface area contributed by atoms with Crippen molar-refractivity contribution in [1.29, 1.82) is 0 Å². The highest BCUT2D eigenvalue weighted by Crippen LogP contribution is 2.02. The molecular formula is C8H12BrNO. The summed E-state index contributed by atoms with van der Waals surface area (Å²) < 4.78 is 0. The van der Waals surface area contributed by atoms with E-state index in [-0.39, 0.29) is 10.7 Å². The van der Waals surface area contributed by atoms with Crippen LogP contribution in [-0.2, 0) is 4.79 Å². The Hall–Kier alpha value is -0.490. The zero-order valence-corrected chi connectivity index (χ0v) is 8.39. The molecule has 11 heavy (non-hydrogen) atoms. The van der Waals surface area contributed by atoms with Crippen molar-refractivity contribution in [3.05, 3.63) is 0 Å². The Morgan fingerprint density at radius 2 is 2.36 bits per heavy atom. The van der Waals surface area contributed by atoms with Crippen molar-refractivity contribution in [2.24, 2.45) is 0 Å². The molecule has 3 heteroatoms. The van der Waals surface area contributed by atoms with Gasteiger partial charge in [-0.3, -0.25) is 4.79 Å². The van der Waals surface area contributed by atoms with E-state index in [1.54, 1.807) is 11.8 Å². The van der Waals surface area contributed by atoms with Gasteiger partial charge in [0.1, 0.15) is 0 Å². The lowest BCUT2D eigenvalue weighted by Crippen LogP contribution is -2.35. The minimum atomic E-state index is -0.143. The second-order valence-electron chi connectivity index (χ2n) is 2.17. The molecular weight excluding hydrogens is 206 g/mol. The summed E-state index contributed by atoms with van der Waals surface area (Å²) in [6, 6.07) is 0. The molecule has 0 fully saturated rings. The Morgan fingerprint density at radius 3 is 2.64 bits per heavy atom. The molecule has 0 radical (unpaired) electrons. The van der Waals surface area contributed by atoms with Crippen molar-refractivity contribution in [3.63, 3.8) is 0 Å². The first-order chi connectivity index (χ1) is 5.13. The minimum Gasteiger partial charge on any atom is -0.331 e. The fourth-order valence-electron chi connectivity index (χ4n) is 0.707. The van der Waals surface area contributed by atoms with E-state index in [9.17, 15) is 4.79 Å². The van der Waals surface area contributed by atoms with E-state index >= 15 is 0 Å². The van der Waals surface area contributed by atoms with Crippen molar-refractivity contribution in [1.82, 2.24) is 4.90 Å². The molecule has 0 aliphatic heterocycles. The van der Waals surface area contributed by atoms with Gasteiger partial charge in [-0.15, -0.1) is 6.42 Å². The van der Waals surface area contributed by atoms with Crippen molar-refractivity contribution in [3.8, 4) is 12.3 Å². The van der Waals surface area contributed by atoms with E-state index < -0.39 is 0 Å². The lowest BCUT2D eigenvalue weighted by Gasteiger charge is -2.18. The van der Waals surface area contributed by atoms with Crippen LogP contribution < -0.4 is 0 Å². The summed E-state index contributed by atoms with van der Waals surface area (Å²) in [6.45, 7) is 4.76. The van der Waals surface area contributed by atoms with Crippen LogP contribution in [0.4, 0.5) is 0 Å². The fraction of sp³-hybridized carbons (Fsp3) is 0.625. The number of halogens is 1. The van der Waals surface area contributed by atoms with E-state index in [0.717, 1.165) is 0 Å². The van der Waals surface area contributed by atoms with Crippen LogP contribution in [0, 0.1) is 12.3 Å². The highest BCUT2D eigenvalue weighted by Gasteiger charge is 2.14. The molecule has 0 aromatic carbocycles. The summed E-state index contributed by atoms with van der Waals surface area (Å²) in [4.78, 5) is 12.7. The van der Waals surface area contributed by atoms with Crippen molar-refractivity contribution in [2.75, 3.05) is 13.1 Å². The number of amides is 1. The van der Waals surface area contributed by atoms with Gasteiger partial charge in [-0.25, -0.2) is 0 Å². The summed E-state index contributed by atoms with van der Waals surface area (Å²) in [5, 5.41) is 0. The van der Waals surface area contributed by atoms with Crippen molar-refractivity contribution >= 4 is 21.8 Å². The molecule has 0 aromatic heterocycles. The smallest absolute Gasteiger partial charge is 0.236 e. The van der Waals surface area contributed by atoms with Crippen molar-refractivity contribution in [2.45, 2.75) is 18.7 Å². The zero-order chi connectivity index (χ0) is 8.85. The third kappa shape index (κ3) is 3.43. The average molecular weight is 218 g/mol. The van der Waals surface area contributed by atoms with Crippen LogP contribution in [0.2, 0.25) is 0 Å². The molecule has 0 saturated heterocycles. The van der Waals surface area contributed by atoms with E-state index in [0.29, 0.717) is 13.1 Å². The van der Waals surface area contributed by atoms with Gasteiger partial charge in [0, 0.05) is 6.54 Å². The first-order valence-corrected chi connectivity index (χ1v) is 4.41. The van der Waals surface area contributed by atoms with Gasteiger partial charge in [-0.1, -0.05) is 21.9 Å². The maximum absolute atomic E-state index is 11.2. The monoisotopic (exact) mass is 217 g/mol. The Morgan fingerprint density at radius 1 is 1.82 bits per heavy atom. The van der Waals surface area contributed by atoms with Crippen LogP contribution in [0.3, 0.4) is 0 Å². The van der Waals surface area contributed by atoms with Crippen molar-refractivity contribution < 1.29 is 4.79 Å². The molecule has 0 aromatic rings. The van der Waals surface area contributed by atoms with E-state index in [1.165, 1.54) is 0 Å². The second-order valence-corrected chi connectivity index (χ2v) is 3.55. The number of hydrogen-bond donors (Lipinski definition) is 0. The summed E-state index contributed by atoms with van der Waals surface area (Å²) >= 11 is 3.19. The van der Waals surface area contributed by atoms with Crippen LogP contribution in [0.1, 0.15) is 13.8 Å². The molecule has 0 bridgehead atoms. The predicted molar refractivity (Wildman–Crippen MR) is 49.5 cm³/mol. The fourth-order valence-corrected chi connectivity index (χ4v) is 0.997. The van der Waals surface area contributed by atoms with Gasteiger partial charge in [0.05, 0.1) is 11.4 Å². The number of rotatable bonds is 3. The largest absolute Gasteiger partial charge is 0.331 e. The molecule has 62 valence electrons. The van der Waals surface area contributed by atoms with Crippen LogP contribution in [-0.4, -0.2) is 28.7 Å². The standard InChI is InChI=1S/C8H12BrNO/c1-4-6-10(5-2)8(11)7(3)9/h1,7H,5-6H2,2-3H3. The van der Waals surface area contributed by atoms with Gasteiger partial charge in [0.25, 0.3) is 0 Å². The Balaban J connectivity index is 4.05. The first-order valence-electron chi connectivity index (χ1n) is 3.49. The number of hydrogen-bond acceptors (Lipinski definition) is 1. The molecule has 0 heterocycles. The normalized spacial score (nSPS) is 11.8. The van der Waals surface area contributed by atoms with Crippen LogP contribution in [0.5, 0.6) is 0 Å². The number of carbonyl (C=O) groups is 1. The second kappa shape index (κ2) is 5.20. The topological polar surface area (TPSA) is 20.3 Å². The molecule has 1 amide bonds. The molecule has 0 aliphatic carbocycles. The van der Waals surface area contributed by atoms with E-state index in [4.69, 9.17) is 6.42 Å². The molecule has 0 aliphatic rings. The zero-order valence-electron chi connectivity index (χ0n) is 6.80. The predicted octanol–water partition coefficient (Wildman–Crippen LogP) is 1.25. The number of nitrogens with zero attached hydrogens (tertiary/aromatic N) is 1. The molecule has 0 N–H and O–H groups in total. The Labute approximate surface area is 76.1 Å². The minimum absolute atomic E-state index is 0.0467. The van der Waals surface area contributed by atoms with Gasteiger partial charge in [-0.05, 0) is 13.8 Å². The summed E-state index contributed by atoms with van der Waals surface area (Å²) in [6.07, 6.45) is 5.08. The molecule has 0 saturated carbocycles. The Bertz CT molecular complexity index is 171. The number of carbonyl (C=O) groups excluding carboxylic acids is 1. The highest BCUT2D eigenvalue weighted by molar-refractivity contribution is 9.10. The van der Waals surface area contributed by atoms with E-state index in [1.807, 2.05) is 6.92 Å². The third-order valence-corrected chi connectivity index (χ3v) is 1.71. The first kappa shape index (κ1) is 10.5. The molecule has 2 nitrogen and oxygen atoms in total. The quantitative estimate of drug-likeness (QED) is 0.515. The van der Waals surface area contributed by atoms with Gasteiger partial charge < -0.3 is 4.90 Å². The van der Waals surface area contributed by atoms with Crippen LogP contribution in [0.25, 0.3) is 0 Å². The third-order valence-electron chi connectivity index (χ3n) is 1.32.